The standard InChI is InChI=1S/C17H18Cl2N2O/c18-14-4-3-5-15(19)13(14)11-22-17-10-12(20)6-7-16(17)21-8-1-2-9-21/h3-7,10H,1-2,8-9,11,20H2. The highest BCUT2D eigenvalue weighted by Crippen LogP contribution is 2.34. The molecule has 2 N–H and O–H groups in total. The highest BCUT2D eigenvalue weighted by Gasteiger charge is 2.17. The first-order valence-electron chi connectivity index (χ1n) is 7.35. The van der Waals surface area contributed by atoms with Crippen LogP contribution in [-0.4, -0.2) is 13.1 Å². The molecular formula is C17H18Cl2N2O. The van der Waals surface area contributed by atoms with Gasteiger partial charge in [-0.3, -0.25) is 0 Å². The molecule has 1 aliphatic rings. The maximum absolute atomic E-state index is 6.19. The van der Waals surface area contributed by atoms with E-state index in [0.29, 0.717) is 22.3 Å². The minimum atomic E-state index is 0.322. The fourth-order valence-corrected chi connectivity index (χ4v) is 3.19. The van der Waals surface area contributed by atoms with Crippen molar-refractivity contribution in [3.63, 3.8) is 0 Å². The van der Waals surface area contributed by atoms with E-state index < -0.39 is 0 Å². The first kappa shape index (κ1) is 15.3. The van der Waals surface area contributed by atoms with Crippen LogP contribution in [0, 0.1) is 0 Å². The zero-order valence-corrected chi connectivity index (χ0v) is 13.7. The van der Waals surface area contributed by atoms with Gasteiger partial charge < -0.3 is 15.4 Å². The molecule has 1 fully saturated rings. The number of nitrogens with two attached hydrogens (primary N) is 1. The Morgan fingerprint density at radius 1 is 1.05 bits per heavy atom. The number of nitrogens with zero attached hydrogens (tertiary/aromatic N) is 1. The van der Waals surface area contributed by atoms with Crippen LogP contribution >= 0.6 is 23.2 Å². The second-order valence-corrected chi connectivity index (χ2v) is 6.22. The van der Waals surface area contributed by atoms with Crippen molar-refractivity contribution in [1.82, 2.24) is 0 Å². The van der Waals surface area contributed by atoms with Crippen LogP contribution < -0.4 is 15.4 Å². The average Bonchev–Trinajstić information content (AvgIpc) is 3.01. The first-order valence-corrected chi connectivity index (χ1v) is 8.11. The Labute approximate surface area is 140 Å². The van der Waals surface area contributed by atoms with Gasteiger partial charge in [-0.15, -0.1) is 0 Å². The summed E-state index contributed by atoms with van der Waals surface area (Å²) in [5.74, 6) is 0.776. The van der Waals surface area contributed by atoms with E-state index in [0.717, 1.165) is 30.1 Å². The second kappa shape index (κ2) is 6.67. The van der Waals surface area contributed by atoms with Crippen molar-refractivity contribution >= 4 is 34.6 Å². The van der Waals surface area contributed by atoms with E-state index in [1.165, 1.54) is 12.8 Å². The van der Waals surface area contributed by atoms with Gasteiger partial charge in [-0.2, -0.15) is 0 Å². The summed E-state index contributed by atoms with van der Waals surface area (Å²) in [5.41, 5.74) is 8.46. The molecular weight excluding hydrogens is 319 g/mol. The summed E-state index contributed by atoms with van der Waals surface area (Å²) in [6, 6.07) is 11.2. The van der Waals surface area contributed by atoms with Gasteiger partial charge in [0, 0.05) is 40.5 Å². The van der Waals surface area contributed by atoms with E-state index in [9.17, 15) is 0 Å². The Kier molecular flexibility index (Phi) is 4.65. The lowest BCUT2D eigenvalue weighted by molar-refractivity contribution is 0.307. The molecule has 0 bridgehead atoms. The molecule has 0 saturated carbocycles. The third kappa shape index (κ3) is 3.26. The van der Waals surface area contributed by atoms with E-state index >= 15 is 0 Å². The molecule has 0 amide bonds. The van der Waals surface area contributed by atoms with Gasteiger partial charge in [0.25, 0.3) is 0 Å². The van der Waals surface area contributed by atoms with Gasteiger partial charge in [0.2, 0.25) is 0 Å². The summed E-state index contributed by atoms with van der Waals surface area (Å²) in [6.45, 7) is 2.42. The Morgan fingerprint density at radius 3 is 2.41 bits per heavy atom. The minimum absolute atomic E-state index is 0.322. The molecule has 0 aromatic heterocycles. The molecule has 116 valence electrons. The molecule has 22 heavy (non-hydrogen) atoms. The number of rotatable bonds is 4. The molecule has 3 rings (SSSR count). The van der Waals surface area contributed by atoms with Gasteiger partial charge in [0.1, 0.15) is 12.4 Å². The van der Waals surface area contributed by atoms with Crippen LogP contribution in [0.5, 0.6) is 5.75 Å². The topological polar surface area (TPSA) is 38.5 Å². The number of anilines is 2. The van der Waals surface area contributed by atoms with Crippen molar-refractivity contribution in [3.05, 3.63) is 52.0 Å². The third-order valence-electron chi connectivity index (χ3n) is 3.86. The Balaban J connectivity index is 1.84. The summed E-state index contributed by atoms with van der Waals surface area (Å²) < 4.78 is 5.99. The van der Waals surface area contributed by atoms with Crippen LogP contribution in [0.15, 0.2) is 36.4 Å². The van der Waals surface area contributed by atoms with E-state index in [-0.39, 0.29) is 0 Å². The van der Waals surface area contributed by atoms with E-state index in [4.69, 9.17) is 33.7 Å². The van der Waals surface area contributed by atoms with Gasteiger partial charge in [0.05, 0.1) is 5.69 Å². The van der Waals surface area contributed by atoms with Gasteiger partial charge in [-0.05, 0) is 37.1 Å². The lowest BCUT2D eigenvalue weighted by atomic mass is 10.2. The molecule has 3 nitrogen and oxygen atoms in total. The number of ether oxygens (including phenoxy) is 1. The fourth-order valence-electron chi connectivity index (χ4n) is 2.69. The highest BCUT2D eigenvalue weighted by atomic mass is 35.5. The Morgan fingerprint density at radius 2 is 1.73 bits per heavy atom. The third-order valence-corrected chi connectivity index (χ3v) is 4.57. The molecule has 2 aromatic rings. The molecule has 0 spiro atoms. The predicted molar refractivity (Wildman–Crippen MR) is 93.1 cm³/mol. The van der Waals surface area contributed by atoms with Crippen LogP contribution in [0.3, 0.4) is 0 Å². The van der Waals surface area contributed by atoms with Crippen LogP contribution in [-0.2, 0) is 6.61 Å². The Bertz CT molecular complexity index is 649. The molecule has 0 unspecified atom stereocenters. The van der Waals surface area contributed by atoms with E-state index in [2.05, 4.69) is 4.90 Å². The number of hydrogen-bond acceptors (Lipinski definition) is 3. The number of halogens is 2. The lowest BCUT2D eigenvalue weighted by Gasteiger charge is -2.22. The molecule has 0 radical (unpaired) electrons. The van der Waals surface area contributed by atoms with Gasteiger partial charge in [-0.25, -0.2) is 0 Å². The van der Waals surface area contributed by atoms with Gasteiger partial charge >= 0.3 is 0 Å². The quantitative estimate of drug-likeness (QED) is 0.818. The van der Waals surface area contributed by atoms with E-state index in [1.54, 1.807) is 0 Å². The SMILES string of the molecule is Nc1ccc(N2CCCC2)c(OCc2c(Cl)cccc2Cl)c1. The van der Waals surface area contributed by atoms with Crippen molar-refractivity contribution in [2.24, 2.45) is 0 Å². The van der Waals surface area contributed by atoms with Crippen molar-refractivity contribution in [3.8, 4) is 5.75 Å². The van der Waals surface area contributed by atoms with Crippen molar-refractivity contribution in [2.75, 3.05) is 23.7 Å². The van der Waals surface area contributed by atoms with Gasteiger partial charge in [-0.1, -0.05) is 29.3 Å². The van der Waals surface area contributed by atoms with Crippen LogP contribution in [0.1, 0.15) is 18.4 Å². The fraction of sp³-hybridized carbons (Fsp3) is 0.294. The monoisotopic (exact) mass is 336 g/mol. The zero-order chi connectivity index (χ0) is 15.5. The predicted octanol–water partition coefficient (Wildman–Crippen LogP) is 4.75. The second-order valence-electron chi connectivity index (χ2n) is 5.41. The summed E-state index contributed by atoms with van der Waals surface area (Å²) in [6.07, 6.45) is 2.42. The average molecular weight is 337 g/mol. The van der Waals surface area contributed by atoms with Crippen molar-refractivity contribution in [1.29, 1.82) is 0 Å². The van der Waals surface area contributed by atoms with Crippen LogP contribution in [0.4, 0.5) is 11.4 Å². The first-order chi connectivity index (χ1) is 10.6. The molecule has 1 aliphatic heterocycles. The van der Waals surface area contributed by atoms with Crippen LogP contribution in [0.25, 0.3) is 0 Å². The minimum Gasteiger partial charge on any atom is -0.487 e. The normalized spacial score (nSPS) is 14.4. The summed E-state index contributed by atoms with van der Waals surface area (Å²) in [7, 11) is 0. The molecule has 5 heteroatoms. The number of hydrogen-bond donors (Lipinski definition) is 1. The molecule has 1 saturated heterocycles. The molecule has 0 atom stereocenters. The zero-order valence-electron chi connectivity index (χ0n) is 12.2. The van der Waals surface area contributed by atoms with Crippen molar-refractivity contribution < 1.29 is 4.74 Å². The van der Waals surface area contributed by atoms with Gasteiger partial charge in [0.15, 0.2) is 0 Å². The number of nitrogen functional groups attached to an aromatic ring is 1. The molecule has 0 aliphatic carbocycles. The summed E-state index contributed by atoms with van der Waals surface area (Å²) in [4.78, 5) is 2.32. The largest absolute Gasteiger partial charge is 0.487 e. The summed E-state index contributed by atoms with van der Waals surface area (Å²) in [5, 5.41) is 1.22. The summed E-state index contributed by atoms with van der Waals surface area (Å²) >= 11 is 12.4. The smallest absolute Gasteiger partial charge is 0.145 e. The van der Waals surface area contributed by atoms with Crippen LogP contribution in [0.2, 0.25) is 10.0 Å². The molecule has 2 aromatic carbocycles. The lowest BCUT2D eigenvalue weighted by Crippen LogP contribution is -2.18. The maximum atomic E-state index is 6.19. The molecule has 1 heterocycles. The maximum Gasteiger partial charge on any atom is 0.145 e. The Hall–Kier alpha value is -1.58. The number of benzene rings is 2. The van der Waals surface area contributed by atoms with Crippen molar-refractivity contribution in [2.45, 2.75) is 19.4 Å². The highest BCUT2D eigenvalue weighted by molar-refractivity contribution is 6.35. The van der Waals surface area contributed by atoms with E-state index in [1.807, 2.05) is 36.4 Å².